The molecule has 0 saturated heterocycles. The van der Waals surface area contributed by atoms with Gasteiger partial charge in [-0.1, -0.05) is 39.0 Å². The Hall–Kier alpha value is -0.880. The molecular weight excluding hydrogens is 267 g/mol. The first-order valence-corrected chi connectivity index (χ1v) is 8.87. The van der Waals surface area contributed by atoms with Crippen LogP contribution in [0, 0.1) is 18.3 Å². The second-order valence-electron chi connectivity index (χ2n) is 6.70. The van der Waals surface area contributed by atoms with Gasteiger partial charge >= 0.3 is 8.03 Å². The van der Waals surface area contributed by atoms with E-state index in [-0.39, 0.29) is 5.66 Å². The maximum Gasteiger partial charge on any atom is 0.559 e. The van der Waals surface area contributed by atoms with Crippen LogP contribution in [0.25, 0.3) is 0 Å². The highest BCUT2D eigenvalue weighted by Crippen LogP contribution is 2.49. The fourth-order valence-corrected chi connectivity index (χ4v) is 4.53. The summed E-state index contributed by atoms with van der Waals surface area (Å²) in [4.78, 5) is 0. The molecule has 0 aromatic heterocycles. The zero-order chi connectivity index (χ0) is 14.8. The largest absolute Gasteiger partial charge is 0.559 e. The van der Waals surface area contributed by atoms with Crippen molar-refractivity contribution in [1.29, 1.82) is 0 Å². The SMILES string of the molecule is Cc1ccccc1O[P+](=O)C1CCCC(C)(C(C)C)C1. The molecule has 0 bridgehead atoms. The van der Waals surface area contributed by atoms with Gasteiger partial charge in [0.05, 0.1) is 0 Å². The molecule has 0 aliphatic heterocycles. The fourth-order valence-electron chi connectivity index (χ4n) is 3.02. The van der Waals surface area contributed by atoms with Gasteiger partial charge in [-0.2, -0.15) is 0 Å². The monoisotopic (exact) mass is 293 g/mol. The molecule has 0 radical (unpaired) electrons. The van der Waals surface area contributed by atoms with E-state index in [1.54, 1.807) is 0 Å². The van der Waals surface area contributed by atoms with Crippen LogP contribution in [0.1, 0.15) is 52.0 Å². The van der Waals surface area contributed by atoms with Gasteiger partial charge in [-0.05, 0) is 53.7 Å². The molecule has 2 nitrogen and oxygen atoms in total. The highest BCUT2D eigenvalue weighted by atomic mass is 31.1. The Kier molecular flexibility index (Phi) is 4.86. The molecular formula is C17H26O2P+. The Morgan fingerprint density at radius 2 is 2.05 bits per heavy atom. The third-order valence-corrected chi connectivity index (χ3v) is 6.37. The first-order chi connectivity index (χ1) is 9.42. The molecule has 0 amide bonds. The average Bonchev–Trinajstić information content (AvgIpc) is 2.41. The first kappa shape index (κ1) is 15.5. The predicted molar refractivity (Wildman–Crippen MR) is 84.6 cm³/mol. The maximum absolute atomic E-state index is 12.6. The van der Waals surface area contributed by atoms with Gasteiger partial charge in [-0.25, -0.2) is 0 Å². The lowest BCUT2D eigenvalue weighted by Gasteiger charge is -2.37. The smallest absolute Gasteiger partial charge is 0.254 e. The van der Waals surface area contributed by atoms with E-state index in [9.17, 15) is 4.57 Å². The number of rotatable bonds is 4. The molecule has 1 aliphatic rings. The molecule has 0 N–H and O–H groups in total. The molecule has 3 unspecified atom stereocenters. The van der Waals surface area contributed by atoms with Crippen LogP contribution in [0.2, 0.25) is 0 Å². The van der Waals surface area contributed by atoms with Crippen LogP contribution in [0.15, 0.2) is 24.3 Å². The second kappa shape index (κ2) is 6.26. The van der Waals surface area contributed by atoms with E-state index in [4.69, 9.17) is 4.52 Å². The molecule has 110 valence electrons. The van der Waals surface area contributed by atoms with Crippen LogP contribution in [0.4, 0.5) is 0 Å². The lowest BCUT2D eigenvalue weighted by atomic mass is 9.68. The summed E-state index contributed by atoms with van der Waals surface area (Å²) < 4.78 is 18.3. The van der Waals surface area contributed by atoms with E-state index < -0.39 is 8.03 Å². The summed E-state index contributed by atoms with van der Waals surface area (Å²) in [5, 5.41) is 0. The van der Waals surface area contributed by atoms with Gasteiger partial charge < -0.3 is 0 Å². The Morgan fingerprint density at radius 1 is 1.35 bits per heavy atom. The molecule has 2 rings (SSSR count). The summed E-state index contributed by atoms with van der Waals surface area (Å²) in [5.74, 6) is 1.40. The van der Waals surface area contributed by atoms with Crippen LogP contribution in [0.3, 0.4) is 0 Å². The van der Waals surface area contributed by atoms with E-state index in [0.29, 0.717) is 11.3 Å². The minimum atomic E-state index is -1.62. The minimum absolute atomic E-state index is 0.200. The molecule has 1 aromatic rings. The van der Waals surface area contributed by atoms with Crippen molar-refractivity contribution < 1.29 is 9.09 Å². The van der Waals surface area contributed by atoms with Crippen LogP contribution < -0.4 is 4.52 Å². The third kappa shape index (κ3) is 3.41. The van der Waals surface area contributed by atoms with Crippen LogP contribution >= 0.6 is 8.03 Å². The number of aryl methyl sites for hydroxylation is 1. The topological polar surface area (TPSA) is 26.3 Å². The lowest BCUT2D eigenvalue weighted by Crippen LogP contribution is -2.32. The van der Waals surface area contributed by atoms with E-state index in [1.807, 2.05) is 31.2 Å². The highest BCUT2D eigenvalue weighted by Gasteiger charge is 2.44. The van der Waals surface area contributed by atoms with Crippen LogP contribution in [-0.2, 0) is 4.57 Å². The van der Waals surface area contributed by atoms with Gasteiger partial charge in [0.15, 0.2) is 11.4 Å². The summed E-state index contributed by atoms with van der Waals surface area (Å²) in [5.41, 5.74) is 1.56. The van der Waals surface area contributed by atoms with E-state index >= 15 is 0 Å². The van der Waals surface area contributed by atoms with E-state index in [1.165, 1.54) is 6.42 Å². The third-order valence-electron chi connectivity index (χ3n) is 4.96. The Morgan fingerprint density at radius 3 is 2.70 bits per heavy atom. The number of benzene rings is 1. The Balaban J connectivity index is 2.04. The molecule has 1 aromatic carbocycles. The number of hydrogen-bond acceptors (Lipinski definition) is 2. The van der Waals surface area contributed by atoms with Crippen molar-refractivity contribution in [2.45, 2.75) is 59.0 Å². The number of hydrogen-bond donors (Lipinski definition) is 0. The van der Waals surface area contributed by atoms with Crippen molar-refractivity contribution in [2.75, 3.05) is 0 Å². The zero-order valence-corrected chi connectivity index (χ0v) is 14.0. The standard InChI is InChI=1S/C17H26O2P/c1-13(2)17(4)11-7-9-15(12-17)20(18)19-16-10-6-5-8-14(16)3/h5-6,8,10,13,15H,7,9,11-12H2,1-4H3/q+1. The lowest BCUT2D eigenvalue weighted by molar-refractivity contribution is 0.143. The normalized spacial score (nSPS) is 27.4. The van der Waals surface area contributed by atoms with Crippen molar-refractivity contribution in [1.82, 2.24) is 0 Å². The summed E-state index contributed by atoms with van der Waals surface area (Å²) in [6, 6.07) is 7.82. The zero-order valence-electron chi connectivity index (χ0n) is 13.1. The summed E-state index contributed by atoms with van der Waals surface area (Å²) in [6.07, 6.45) is 4.46. The highest BCUT2D eigenvalue weighted by molar-refractivity contribution is 7.40. The Labute approximate surface area is 123 Å². The van der Waals surface area contributed by atoms with E-state index in [2.05, 4.69) is 20.8 Å². The summed E-state index contributed by atoms with van der Waals surface area (Å²) in [6.45, 7) is 8.88. The Bertz CT molecular complexity index is 484. The minimum Gasteiger partial charge on any atom is -0.254 e. The molecule has 1 saturated carbocycles. The molecule has 3 heteroatoms. The molecule has 1 aliphatic carbocycles. The van der Waals surface area contributed by atoms with Crippen LogP contribution in [-0.4, -0.2) is 5.66 Å². The van der Waals surface area contributed by atoms with Crippen molar-refractivity contribution in [3.63, 3.8) is 0 Å². The van der Waals surface area contributed by atoms with Crippen molar-refractivity contribution >= 4 is 8.03 Å². The fraction of sp³-hybridized carbons (Fsp3) is 0.647. The van der Waals surface area contributed by atoms with Gasteiger partial charge in [-0.15, -0.1) is 0 Å². The average molecular weight is 293 g/mol. The maximum atomic E-state index is 12.6. The van der Waals surface area contributed by atoms with Crippen molar-refractivity contribution in [3.8, 4) is 5.75 Å². The van der Waals surface area contributed by atoms with Gasteiger partial charge in [-0.3, -0.25) is 4.52 Å². The second-order valence-corrected chi connectivity index (χ2v) is 8.18. The molecule has 0 heterocycles. The van der Waals surface area contributed by atoms with Gasteiger partial charge in [0.2, 0.25) is 0 Å². The number of para-hydroxylation sites is 1. The molecule has 3 atom stereocenters. The summed E-state index contributed by atoms with van der Waals surface area (Å²) in [7, 11) is -1.62. The van der Waals surface area contributed by atoms with E-state index in [0.717, 1.165) is 30.6 Å². The first-order valence-electron chi connectivity index (χ1n) is 7.62. The van der Waals surface area contributed by atoms with Gasteiger partial charge in [0.1, 0.15) is 0 Å². The predicted octanol–water partition coefficient (Wildman–Crippen LogP) is 5.72. The van der Waals surface area contributed by atoms with Gasteiger partial charge in [0.25, 0.3) is 0 Å². The quantitative estimate of drug-likeness (QED) is 0.663. The molecule has 1 fully saturated rings. The van der Waals surface area contributed by atoms with Crippen molar-refractivity contribution in [3.05, 3.63) is 29.8 Å². The summed E-state index contributed by atoms with van der Waals surface area (Å²) >= 11 is 0. The molecule has 0 spiro atoms. The van der Waals surface area contributed by atoms with Gasteiger partial charge in [0, 0.05) is 6.42 Å². The van der Waals surface area contributed by atoms with Crippen LogP contribution in [0.5, 0.6) is 5.75 Å². The molecule has 20 heavy (non-hydrogen) atoms. The van der Waals surface area contributed by atoms with Crippen molar-refractivity contribution in [2.24, 2.45) is 11.3 Å².